The van der Waals surface area contributed by atoms with Gasteiger partial charge in [0.25, 0.3) is 6.47 Å². The molecule has 18 nitrogen and oxygen atoms in total. The number of nitrogens with zero attached hydrogens (tertiary/aromatic N) is 4. The Morgan fingerprint density at radius 3 is 1.59 bits per heavy atom. The normalized spacial score (nSPS) is 13.2. The summed E-state index contributed by atoms with van der Waals surface area (Å²) in [6.07, 6.45) is 17.0. The standard InChI is InChI=1S/C51H58N8O7.C13H16Si.C10H8.C8H7Br.C5H10Si.CH2O3.2K.H/c1-6-34-9-11-35(12-10-34)14-18-47-56-32(3)48(33(4)57-47)43(61)30-38(19-21-53)51(64)59(5)49-37-15-17-46(66-25-23-55)40(29-37)39-27-36(13-16-45(39)65-24-22-54)28-41(42(60)8-7-20-52)58-50(63)31(2)26-44(49)62;1-5-12-6-8-13(9-7-12)10-11-14(2,3)4;1-3-9-5-7-10(4-2)8-6-9;1-2-7-3-5-8(9)6-4-7;1-5-6(2,3)4;2-1-4-3;;;/h6,9-13,15-17,27,29,31,38,41,49H,1,7-8,19,21-26,28,30,53-55H2,2-5H3,(H,58,63);5-9H,1H2,2-4H3;1,4-8H,2H2;2-6H,1H2;1H,2-4H3;1,3H;;;/q;;;;;;2*+1;-1/p-1/t31-,38-,41+,49+;;;;;;;;/m1......../s1. The van der Waals surface area contributed by atoms with Crippen LogP contribution in [-0.2, 0) is 35.3 Å². The minimum atomic E-state index is -1.25. The number of nitriles is 1. The maximum absolute atomic E-state index is 14.8. The topological polar surface area (TPSA) is 296 Å². The van der Waals surface area contributed by atoms with Gasteiger partial charge < -0.3 is 48.5 Å². The van der Waals surface area contributed by atoms with E-state index in [1.54, 1.807) is 63.3 Å². The Morgan fingerprint density at radius 1 is 0.703 bits per heavy atom. The molecule has 6 aromatic carbocycles. The third-order valence-electron chi connectivity index (χ3n) is 16.0. The molecule has 111 heavy (non-hydrogen) atoms. The molecule has 0 saturated carbocycles. The molecule has 1 aromatic heterocycles. The van der Waals surface area contributed by atoms with Crippen LogP contribution >= 0.6 is 15.9 Å². The third kappa shape index (κ3) is 37.1. The van der Waals surface area contributed by atoms with E-state index in [1.807, 2.05) is 121 Å². The van der Waals surface area contributed by atoms with E-state index in [-0.39, 0.29) is 205 Å². The van der Waals surface area contributed by atoms with Crippen molar-refractivity contribution in [3.63, 3.8) is 0 Å². The number of aromatic nitrogens is 2. The number of rotatable bonds is 21. The fourth-order valence-corrected chi connectivity index (χ4v) is 11.0. The summed E-state index contributed by atoms with van der Waals surface area (Å²) in [5.41, 5.74) is 34.1. The monoisotopic (exact) mass is 1640 g/mol. The molecule has 0 saturated heterocycles. The Bertz CT molecular complexity index is 4510. The van der Waals surface area contributed by atoms with Crippen LogP contribution in [-0.4, -0.2) is 113 Å². The smallest absolute Gasteiger partial charge is 1.00 e. The van der Waals surface area contributed by atoms with Crippen LogP contribution in [0.5, 0.6) is 11.5 Å². The molecule has 2 heterocycles. The van der Waals surface area contributed by atoms with Crippen molar-refractivity contribution in [3.05, 3.63) is 237 Å². The summed E-state index contributed by atoms with van der Waals surface area (Å²) in [7, 11) is -0.857. The zero-order chi connectivity index (χ0) is 81.2. The Labute approximate surface area is 754 Å². The Balaban J connectivity index is 0.00000214. The number of aryl methyl sites for hydroxylation is 2. The van der Waals surface area contributed by atoms with E-state index in [9.17, 15) is 29.2 Å². The first kappa shape index (κ1) is 101. The van der Waals surface area contributed by atoms with Crippen molar-refractivity contribution in [2.45, 2.75) is 111 Å². The minimum Gasteiger partial charge on any atom is -1.00 e. The van der Waals surface area contributed by atoms with Crippen molar-refractivity contribution >= 4 is 92.0 Å². The predicted octanol–water partition coefficient (Wildman–Crippen LogP) is 7.74. The first-order valence-corrected chi connectivity index (χ1v) is 43.0. The molecule has 4 bridgehead atoms. The van der Waals surface area contributed by atoms with Crippen LogP contribution in [0.1, 0.15) is 124 Å². The van der Waals surface area contributed by atoms with Crippen molar-refractivity contribution in [3.8, 4) is 76.3 Å². The molecule has 0 spiro atoms. The molecular formula is C88H101BrK2N8O10Si2. The molecule has 8 rings (SSSR count). The summed E-state index contributed by atoms with van der Waals surface area (Å²) >= 11 is 3.34. The number of likely N-dealkylation sites (N-methyl/N-ethyl adjacent to an activating group) is 1. The predicted molar refractivity (Wildman–Crippen MR) is 447 cm³/mol. The number of amides is 2. The molecular weight excluding hydrogens is 1540 g/mol. The zero-order valence-corrected chi connectivity index (χ0v) is 76.0. The molecule has 570 valence electrons. The number of Topliss-reactive ketones (excluding diaryl/α,β-unsaturated/α-hetero) is 3. The van der Waals surface area contributed by atoms with Gasteiger partial charge in [-0.25, -0.2) is 9.97 Å². The summed E-state index contributed by atoms with van der Waals surface area (Å²) in [4.78, 5) is 92.5. The Morgan fingerprint density at radius 2 is 1.16 bits per heavy atom. The summed E-state index contributed by atoms with van der Waals surface area (Å²) < 4.78 is 13.3. The van der Waals surface area contributed by atoms with Gasteiger partial charge in [-0.1, -0.05) is 191 Å². The molecule has 4 atom stereocenters. The second kappa shape index (κ2) is 54.0. The number of fused-ring (bicyclic) bond motifs is 5. The van der Waals surface area contributed by atoms with Crippen LogP contribution in [0.3, 0.4) is 0 Å². The van der Waals surface area contributed by atoms with Crippen LogP contribution in [0, 0.1) is 84.6 Å². The van der Waals surface area contributed by atoms with E-state index in [1.165, 1.54) is 11.9 Å². The average Bonchev–Trinajstić information content (AvgIpc) is 0.784. The first-order valence-electron chi connectivity index (χ1n) is 35.2. The van der Waals surface area contributed by atoms with Gasteiger partial charge >= 0.3 is 103 Å². The maximum atomic E-state index is 14.8. The van der Waals surface area contributed by atoms with Gasteiger partial charge in [-0.3, -0.25) is 28.8 Å². The van der Waals surface area contributed by atoms with Crippen molar-refractivity contribution < 1.29 is 153 Å². The van der Waals surface area contributed by atoms with Gasteiger partial charge in [0, 0.05) is 89.9 Å². The third-order valence-corrected chi connectivity index (χ3v) is 18.2. The first-order chi connectivity index (χ1) is 51.9. The number of hydrogen-bond donors (Lipinski definition) is 4. The van der Waals surface area contributed by atoms with E-state index in [0.29, 0.717) is 45.1 Å². The second-order valence-electron chi connectivity index (χ2n) is 26.9. The van der Waals surface area contributed by atoms with E-state index in [2.05, 4.69) is 136 Å². The Kier molecular flexibility index (Phi) is 49.2. The van der Waals surface area contributed by atoms with Gasteiger partial charge in [0.15, 0.2) is 17.3 Å². The summed E-state index contributed by atoms with van der Waals surface area (Å²) in [5.74, 6) is 8.72. The maximum Gasteiger partial charge on any atom is 1.00 e. The largest absolute Gasteiger partial charge is 1.00 e. The summed E-state index contributed by atoms with van der Waals surface area (Å²) in [6.45, 7) is 33.5. The van der Waals surface area contributed by atoms with E-state index in [0.717, 1.165) is 43.4 Å². The number of halogens is 1. The van der Waals surface area contributed by atoms with Gasteiger partial charge in [-0.05, 0) is 145 Å². The van der Waals surface area contributed by atoms with Gasteiger partial charge in [-0.2, -0.15) is 5.26 Å². The molecule has 23 heteroatoms. The Hall–Kier alpha value is -7.86. The van der Waals surface area contributed by atoms with Crippen molar-refractivity contribution in [2.75, 3.05) is 39.9 Å². The number of carbonyl (C=O) groups is 6. The van der Waals surface area contributed by atoms with Crippen LogP contribution in [0.4, 0.5) is 0 Å². The van der Waals surface area contributed by atoms with Gasteiger partial charge in [0.1, 0.15) is 46.9 Å². The molecule has 0 fully saturated rings. The van der Waals surface area contributed by atoms with Gasteiger partial charge in [0.05, 0.1) is 29.1 Å². The van der Waals surface area contributed by atoms with Crippen molar-refractivity contribution in [1.29, 1.82) is 5.26 Å². The molecule has 7 aromatic rings. The number of nitrogens with one attached hydrogen (secondary N) is 1. The molecule has 1 aliphatic rings. The van der Waals surface area contributed by atoms with E-state index in [4.69, 9.17) is 49.6 Å². The number of terminal acetylenes is 2. The summed E-state index contributed by atoms with van der Waals surface area (Å²) in [5, 5.41) is 20.5. The number of nitrogens with two attached hydrogens (primary N) is 3. The van der Waals surface area contributed by atoms with Crippen molar-refractivity contribution in [1.82, 2.24) is 20.2 Å². The van der Waals surface area contributed by atoms with Crippen LogP contribution in [0.2, 0.25) is 39.3 Å². The number of benzene rings is 6. The number of ether oxygens (including phenoxy) is 2. The average molecular weight is 1650 g/mol. The van der Waals surface area contributed by atoms with E-state index < -0.39 is 57.7 Å². The van der Waals surface area contributed by atoms with Crippen LogP contribution in [0.15, 0.2) is 164 Å². The number of ketones is 3. The van der Waals surface area contributed by atoms with Gasteiger partial charge in [0.2, 0.25) is 17.6 Å². The molecule has 0 aliphatic carbocycles. The van der Waals surface area contributed by atoms with Crippen LogP contribution in [0.25, 0.3) is 35.4 Å². The number of carbonyl (C=O) groups excluding carboxylic acids is 6. The SMILES string of the molecule is C#C[Si](C)(C)C.C#Cc1ccc(C=C)cc1.C=Cc1ccc(Br)cc1.C=Cc1ccc(C#C[Si](C)(C)C)cc1.C=Cc1ccc(C#Cc2nc(C)c(C(=O)C[C@@H](CCN)C(=O)N(C)[C@@H]3C(=O)C[C@@H](C)C(=O)N[C@H](C(=O)CCC#N)Cc4ccc(OCCN)c(c4)-c4cc3ccc4OCCN)c(C)n2)cc1.O=CO[O-].[H-].[K+].[K+]. The summed E-state index contributed by atoms with van der Waals surface area (Å²) in [6, 6.07) is 41.6. The minimum absolute atomic E-state index is 0. The fraction of sp³-hybridized carbons (Fsp3) is 0.284. The number of hydrogen-bond acceptors (Lipinski definition) is 16. The second-order valence-corrected chi connectivity index (χ2v) is 37.3. The quantitative estimate of drug-likeness (QED) is 0.0134. The molecule has 7 N–H and O–H groups in total. The molecule has 0 unspecified atom stereocenters. The zero-order valence-electron chi connectivity index (χ0n) is 67.1. The van der Waals surface area contributed by atoms with Gasteiger partial charge in [-0.15, -0.1) is 23.9 Å². The fourth-order valence-electron chi connectivity index (χ4n) is 10.3. The molecule has 2 amide bonds. The molecule has 0 radical (unpaired) electrons. The van der Waals surface area contributed by atoms with Crippen molar-refractivity contribution in [2.24, 2.45) is 29.0 Å². The van der Waals surface area contributed by atoms with E-state index >= 15 is 0 Å². The molecule has 1 aliphatic heterocycles. The van der Waals surface area contributed by atoms with Crippen LogP contribution < -0.4 is 140 Å².